The molecule has 33 heavy (non-hydrogen) atoms. The van der Waals surface area contributed by atoms with Gasteiger partial charge in [0.2, 0.25) is 11.8 Å². The first-order valence-corrected chi connectivity index (χ1v) is 13.3. The predicted octanol–water partition coefficient (Wildman–Crippen LogP) is -0.422. The highest BCUT2D eigenvalue weighted by atomic mass is 32.1. The van der Waals surface area contributed by atoms with Gasteiger partial charge in [-0.1, -0.05) is 0 Å². The van der Waals surface area contributed by atoms with E-state index in [1.54, 1.807) is 0 Å². The standard InChI is InChI=1S/C23H39N7O2S/c31-21(29-11-9-28(10-12-29)20-3-1-2-8-24-20)7-6-18-14-25-22(32)19-13-17(15-30(18)19)27-23(33)26-16-4-5-16/h16-20,24H,1-15H2,(H,25,32)(H2,26,27,33). The minimum Gasteiger partial charge on any atom is -0.360 e. The van der Waals surface area contributed by atoms with Crippen molar-refractivity contribution in [3.8, 4) is 0 Å². The molecule has 10 heteroatoms. The van der Waals surface area contributed by atoms with E-state index in [0.29, 0.717) is 30.3 Å². The van der Waals surface area contributed by atoms with Crippen LogP contribution in [0.5, 0.6) is 0 Å². The quantitative estimate of drug-likeness (QED) is 0.384. The maximum atomic E-state index is 12.9. The molecule has 0 radical (unpaired) electrons. The number of rotatable bonds is 6. The molecule has 184 valence electrons. The Balaban J connectivity index is 1.07. The molecule has 4 atom stereocenters. The van der Waals surface area contributed by atoms with Crippen molar-refractivity contribution in [3.05, 3.63) is 0 Å². The van der Waals surface area contributed by atoms with E-state index in [9.17, 15) is 9.59 Å². The first kappa shape index (κ1) is 23.3. The van der Waals surface area contributed by atoms with Crippen LogP contribution in [0.4, 0.5) is 0 Å². The molecule has 9 nitrogen and oxygen atoms in total. The molecule has 5 fully saturated rings. The third-order valence-electron chi connectivity index (χ3n) is 7.95. The summed E-state index contributed by atoms with van der Waals surface area (Å²) in [6, 6.07) is 0.793. The molecule has 5 rings (SSSR count). The van der Waals surface area contributed by atoms with E-state index >= 15 is 0 Å². The second-order valence-electron chi connectivity index (χ2n) is 10.4. The second kappa shape index (κ2) is 10.4. The fourth-order valence-corrected chi connectivity index (χ4v) is 6.20. The number of hydrogen-bond acceptors (Lipinski definition) is 6. The zero-order chi connectivity index (χ0) is 22.8. The Morgan fingerprint density at radius 1 is 1.06 bits per heavy atom. The maximum Gasteiger partial charge on any atom is 0.237 e. The smallest absolute Gasteiger partial charge is 0.237 e. The lowest BCUT2D eigenvalue weighted by Gasteiger charge is -2.41. The summed E-state index contributed by atoms with van der Waals surface area (Å²) in [5.41, 5.74) is 0. The van der Waals surface area contributed by atoms with Gasteiger partial charge in [0, 0.05) is 63.8 Å². The number of nitrogens with one attached hydrogen (secondary N) is 4. The largest absolute Gasteiger partial charge is 0.360 e. The average molecular weight is 478 g/mol. The van der Waals surface area contributed by atoms with Crippen LogP contribution in [0.25, 0.3) is 0 Å². The van der Waals surface area contributed by atoms with Gasteiger partial charge in [0.05, 0.1) is 12.2 Å². The minimum atomic E-state index is -0.119. The van der Waals surface area contributed by atoms with Crippen LogP contribution < -0.4 is 21.3 Å². The molecule has 0 aromatic carbocycles. The lowest BCUT2D eigenvalue weighted by atomic mass is 10.0. The van der Waals surface area contributed by atoms with Crippen molar-refractivity contribution in [3.63, 3.8) is 0 Å². The Labute approximate surface area is 202 Å². The van der Waals surface area contributed by atoms with Crippen LogP contribution in [0.1, 0.15) is 51.4 Å². The Morgan fingerprint density at radius 2 is 1.85 bits per heavy atom. The SMILES string of the molecule is O=C1NCC(CCC(=O)N2CCN(C3CCCCN3)CC2)N2CC(NC(=S)NC3CC3)CC12. The summed E-state index contributed by atoms with van der Waals surface area (Å²) < 4.78 is 0. The van der Waals surface area contributed by atoms with Crippen LogP contribution in [-0.2, 0) is 9.59 Å². The first-order valence-electron chi connectivity index (χ1n) is 12.9. The van der Waals surface area contributed by atoms with Crippen molar-refractivity contribution in [1.29, 1.82) is 0 Å². The van der Waals surface area contributed by atoms with Crippen LogP contribution in [0.15, 0.2) is 0 Å². The van der Waals surface area contributed by atoms with Gasteiger partial charge in [-0.05, 0) is 63.7 Å². The van der Waals surface area contributed by atoms with Crippen molar-refractivity contribution in [2.24, 2.45) is 0 Å². The van der Waals surface area contributed by atoms with Crippen LogP contribution >= 0.6 is 12.2 Å². The molecule has 0 bridgehead atoms. The number of amides is 2. The average Bonchev–Trinajstić information content (AvgIpc) is 3.54. The molecule has 5 aliphatic rings. The van der Waals surface area contributed by atoms with Gasteiger partial charge in [-0.2, -0.15) is 0 Å². The zero-order valence-electron chi connectivity index (χ0n) is 19.6. The Hall–Kier alpha value is -1.49. The zero-order valence-corrected chi connectivity index (χ0v) is 20.4. The molecule has 1 aliphatic carbocycles. The number of carbonyl (C=O) groups excluding carboxylic acids is 2. The third kappa shape index (κ3) is 5.78. The van der Waals surface area contributed by atoms with E-state index < -0.39 is 0 Å². The van der Waals surface area contributed by atoms with E-state index in [4.69, 9.17) is 12.2 Å². The summed E-state index contributed by atoms with van der Waals surface area (Å²) in [4.78, 5) is 32.3. The topological polar surface area (TPSA) is 92.0 Å². The van der Waals surface area contributed by atoms with Gasteiger partial charge in [0.1, 0.15) is 0 Å². The number of piperidine rings is 1. The van der Waals surface area contributed by atoms with Gasteiger partial charge < -0.3 is 26.2 Å². The van der Waals surface area contributed by atoms with E-state index in [1.165, 1.54) is 32.1 Å². The molecular formula is C23H39N7O2S. The van der Waals surface area contributed by atoms with Gasteiger partial charge in [-0.25, -0.2) is 0 Å². The van der Waals surface area contributed by atoms with Crippen LogP contribution in [0.2, 0.25) is 0 Å². The van der Waals surface area contributed by atoms with Crippen molar-refractivity contribution in [2.45, 2.75) is 81.7 Å². The van der Waals surface area contributed by atoms with E-state index in [2.05, 4.69) is 31.1 Å². The van der Waals surface area contributed by atoms with Gasteiger partial charge in [0.25, 0.3) is 0 Å². The molecule has 4 saturated heterocycles. The Morgan fingerprint density at radius 3 is 2.58 bits per heavy atom. The summed E-state index contributed by atoms with van der Waals surface area (Å²) in [6.45, 7) is 6.10. The summed E-state index contributed by atoms with van der Waals surface area (Å²) in [5.74, 6) is 0.360. The van der Waals surface area contributed by atoms with Crippen molar-refractivity contribution >= 4 is 29.1 Å². The van der Waals surface area contributed by atoms with E-state index in [0.717, 1.165) is 52.1 Å². The summed E-state index contributed by atoms with van der Waals surface area (Å²) in [6.07, 6.45) is 8.75. The molecular weight excluding hydrogens is 438 g/mol. The molecule has 0 aromatic heterocycles. The molecule has 0 spiro atoms. The summed E-state index contributed by atoms with van der Waals surface area (Å²) in [5, 5.41) is 14.1. The van der Waals surface area contributed by atoms with E-state index in [1.807, 2.05) is 4.90 Å². The molecule has 4 heterocycles. The van der Waals surface area contributed by atoms with Crippen molar-refractivity contribution < 1.29 is 9.59 Å². The predicted molar refractivity (Wildman–Crippen MR) is 131 cm³/mol. The van der Waals surface area contributed by atoms with Gasteiger partial charge in [-0.15, -0.1) is 0 Å². The van der Waals surface area contributed by atoms with Crippen molar-refractivity contribution in [1.82, 2.24) is 36.0 Å². The van der Waals surface area contributed by atoms with Crippen molar-refractivity contribution in [2.75, 3.05) is 45.8 Å². The maximum absolute atomic E-state index is 12.9. The van der Waals surface area contributed by atoms with Crippen LogP contribution in [-0.4, -0.2) is 108 Å². The van der Waals surface area contributed by atoms with Gasteiger partial charge in [0.15, 0.2) is 5.11 Å². The fraction of sp³-hybridized carbons (Fsp3) is 0.870. The van der Waals surface area contributed by atoms with Gasteiger partial charge >= 0.3 is 0 Å². The number of hydrogen-bond donors (Lipinski definition) is 4. The molecule has 4 N–H and O–H groups in total. The fourth-order valence-electron chi connectivity index (χ4n) is 5.86. The Kier molecular flexibility index (Phi) is 7.34. The number of piperazine rings is 2. The summed E-state index contributed by atoms with van der Waals surface area (Å²) >= 11 is 5.44. The highest BCUT2D eigenvalue weighted by Crippen LogP contribution is 2.26. The van der Waals surface area contributed by atoms with Crippen LogP contribution in [0.3, 0.4) is 0 Å². The third-order valence-corrected chi connectivity index (χ3v) is 8.19. The summed E-state index contributed by atoms with van der Waals surface area (Å²) in [7, 11) is 0. The molecule has 4 aliphatic heterocycles. The van der Waals surface area contributed by atoms with Gasteiger partial charge in [-0.3, -0.25) is 19.4 Å². The molecule has 4 unspecified atom stereocenters. The normalized spacial score (nSPS) is 33.3. The molecule has 0 aromatic rings. The lowest BCUT2D eigenvalue weighted by Crippen LogP contribution is -2.58. The molecule has 2 amide bonds. The highest BCUT2D eigenvalue weighted by Gasteiger charge is 2.43. The molecule has 1 saturated carbocycles. The second-order valence-corrected chi connectivity index (χ2v) is 10.8. The first-order chi connectivity index (χ1) is 16.1. The van der Waals surface area contributed by atoms with E-state index in [-0.39, 0.29) is 29.9 Å². The lowest BCUT2D eigenvalue weighted by molar-refractivity contribution is -0.134. The number of carbonyl (C=O) groups is 2. The number of nitrogens with zero attached hydrogens (tertiary/aromatic N) is 3. The highest BCUT2D eigenvalue weighted by molar-refractivity contribution is 7.80. The monoisotopic (exact) mass is 477 g/mol. The van der Waals surface area contributed by atoms with Crippen LogP contribution in [0, 0.1) is 0 Å². The Bertz CT molecular complexity index is 734. The number of thiocarbonyl (C=S) groups is 1. The minimum absolute atomic E-state index is 0.107. The number of fused-ring (bicyclic) bond motifs is 1.